The second kappa shape index (κ2) is 11.3. The number of nitrogens with zero attached hydrogens (tertiary/aromatic N) is 3. The minimum Gasteiger partial charge on any atom is -0.344 e. The molecule has 5 rings (SSSR count). The molecule has 2 N–H and O–H groups in total. The minimum atomic E-state index is -4.48. The van der Waals surface area contributed by atoms with Crippen LogP contribution in [0.3, 0.4) is 0 Å². The van der Waals surface area contributed by atoms with Crippen LogP contribution in [0.25, 0.3) is 16.9 Å². The van der Waals surface area contributed by atoms with Gasteiger partial charge in [-0.2, -0.15) is 23.4 Å². The van der Waals surface area contributed by atoms with E-state index in [4.69, 9.17) is 27.8 Å². The lowest BCUT2D eigenvalue weighted by atomic mass is 10.0. The van der Waals surface area contributed by atoms with Crippen molar-refractivity contribution in [3.8, 4) is 16.9 Å². The first-order valence-corrected chi connectivity index (χ1v) is 12.9. The predicted octanol–water partition coefficient (Wildman–Crippen LogP) is 6.62. The zero-order valence-corrected chi connectivity index (χ0v) is 22.7. The molecule has 0 aliphatic heterocycles. The molecule has 0 aliphatic carbocycles. The highest BCUT2D eigenvalue weighted by molar-refractivity contribution is 6.32. The fraction of sp³-hybridized carbons (Fsp3) is 0.143. The van der Waals surface area contributed by atoms with Crippen LogP contribution in [0.15, 0.2) is 82.2 Å². The van der Waals surface area contributed by atoms with Gasteiger partial charge in [-0.25, -0.2) is 4.68 Å². The summed E-state index contributed by atoms with van der Waals surface area (Å²) in [6.07, 6.45) is -4.62. The Hall–Kier alpha value is -4.35. The van der Waals surface area contributed by atoms with Gasteiger partial charge >= 0.3 is 11.7 Å². The van der Waals surface area contributed by atoms with E-state index in [9.17, 15) is 22.8 Å². The molecule has 1 amide bonds. The molecule has 210 valence electrons. The van der Waals surface area contributed by atoms with E-state index in [1.807, 2.05) is 0 Å². The van der Waals surface area contributed by atoms with Crippen molar-refractivity contribution in [3.63, 3.8) is 0 Å². The van der Waals surface area contributed by atoms with E-state index in [0.29, 0.717) is 38.1 Å². The molecular weight excluding hydrogens is 582 g/mol. The number of aromatic nitrogens is 4. The number of hydrogen-bond acceptors (Lipinski definition) is 5. The van der Waals surface area contributed by atoms with Crippen molar-refractivity contribution < 1.29 is 22.6 Å². The summed E-state index contributed by atoms with van der Waals surface area (Å²) >= 11 is 12.6. The summed E-state index contributed by atoms with van der Waals surface area (Å²) in [5, 5.41) is 14.1. The van der Waals surface area contributed by atoms with Gasteiger partial charge < -0.3 is 5.32 Å². The fourth-order valence-electron chi connectivity index (χ4n) is 4.31. The first kappa shape index (κ1) is 28.2. The van der Waals surface area contributed by atoms with E-state index >= 15 is 0 Å². The van der Waals surface area contributed by atoms with Gasteiger partial charge in [0.05, 0.1) is 28.0 Å². The lowest BCUT2D eigenvalue weighted by Gasteiger charge is -2.15. The van der Waals surface area contributed by atoms with Gasteiger partial charge in [0.2, 0.25) is 0 Å². The van der Waals surface area contributed by atoms with Crippen LogP contribution in [-0.4, -0.2) is 26.0 Å². The summed E-state index contributed by atoms with van der Waals surface area (Å²) in [5.74, 6) is -0.631. The summed E-state index contributed by atoms with van der Waals surface area (Å²) in [5.41, 5.74) is 0.890. The normalized spacial score (nSPS) is 12.3. The third-order valence-electron chi connectivity index (χ3n) is 6.38. The van der Waals surface area contributed by atoms with Gasteiger partial charge in [0.15, 0.2) is 11.4 Å². The molecule has 8 nitrogen and oxygen atoms in total. The molecule has 0 bridgehead atoms. The van der Waals surface area contributed by atoms with Crippen LogP contribution in [-0.2, 0) is 12.6 Å². The number of para-hydroxylation sites is 1. The average molecular weight is 602 g/mol. The molecule has 41 heavy (non-hydrogen) atoms. The second-order valence-electron chi connectivity index (χ2n) is 9.10. The number of hydrogen-bond donors (Lipinski definition) is 2. The molecule has 0 spiro atoms. The van der Waals surface area contributed by atoms with E-state index in [-0.39, 0.29) is 17.8 Å². The Morgan fingerprint density at radius 1 is 1.05 bits per heavy atom. The van der Waals surface area contributed by atoms with Gasteiger partial charge in [-0.15, -0.1) is 0 Å². The fourth-order valence-corrected chi connectivity index (χ4v) is 4.65. The largest absolute Gasteiger partial charge is 0.416 e. The van der Waals surface area contributed by atoms with E-state index in [1.165, 1.54) is 16.8 Å². The topological polar surface area (TPSA) is 106 Å². The Kier molecular flexibility index (Phi) is 7.74. The van der Waals surface area contributed by atoms with Crippen molar-refractivity contribution in [2.75, 3.05) is 0 Å². The maximum Gasteiger partial charge on any atom is 0.416 e. The summed E-state index contributed by atoms with van der Waals surface area (Å²) in [6, 6.07) is 17.5. The van der Waals surface area contributed by atoms with Crippen LogP contribution in [0.2, 0.25) is 10.0 Å². The summed E-state index contributed by atoms with van der Waals surface area (Å²) in [6.45, 7) is 1.63. The van der Waals surface area contributed by atoms with E-state index in [2.05, 4.69) is 20.7 Å². The lowest BCUT2D eigenvalue weighted by Crippen LogP contribution is -2.28. The number of amides is 1. The molecule has 0 fully saturated rings. The first-order valence-electron chi connectivity index (χ1n) is 12.2. The molecule has 3 aromatic carbocycles. The third-order valence-corrected chi connectivity index (χ3v) is 6.95. The van der Waals surface area contributed by atoms with Crippen molar-refractivity contribution >= 4 is 29.1 Å². The Labute approximate surface area is 240 Å². The zero-order chi connectivity index (χ0) is 29.3. The molecule has 0 saturated carbocycles. The Balaban J connectivity index is 1.63. The number of alkyl halides is 3. The number of halogens is 5. The standard InChI is InChI=1S/C28H20Cl2F3N5O3/c1-15(16-6-10-18(11-7-16)28(31,32)33)34-27(40)24-20(14-22-26(39)37-41-36-22)25(17-8-12-19(29)13-9-17)38(35-24)23-5-3-2-4-21(23)30/h2-13,15H,14H2,1H3,(H,34,40)(H,37,39)/t15-/m1/s1. The van der Waals surface area contributed by atoms with Gasteiger partial charge in [0.1, 0.15) is 0 Å². The van der Waals surface area contributed by atoms with Gasteiger partial charge in [-0.05, 0) is 48.9 Å². The van der Waals surface area contributed by atoms with Gasteiger partial charge in [-0.3, -0.25) is 14.2 Å². The molecule has 0 aliphatic rings. The maximum atomic E-state index is 13.7. The molecule has 1 atom stereocenters. The van der Waals surface area contributed by atoms with Gasteiger partial charge in [-0.1, -0.05) is 64.8 Å². The monoisotopic (exact) mass is 601 g/mol. The van der Waals surface area contributed by atoms with Crippen LogP contribution in [0.4, 0.5) is 13.2 Å². The van der Waals surface area contributed by atoms with Gasteiger partial charge in [0, 0.05) is 22.6 Å². The van der Waals surface area contributed by atoms with E-state index in [0.717, 1.165) is 12.1 Å². The Morgan fingerprint density at radius 2 is 1.73 bits per heavy atom. The molecule has 0 radical (unpaired) electrons. The number of rotatable bonds is 7. The highest BCUT2D eigenvalue weighted by Gasteiger charge is 2.31. The zero-order valence-electron chi connectivity index (χ0n) is 21.2. The quantitative estimate of drug-likeness (QED) is 0.218. The Bertz CT molecular complexity index is 1760. The van der Waals surface area contributed by atoms with E-state index < -0.39 is 29.2 Å². The lowest BCUT2D eigenvalue weighted by molar-refractivity contribution is -0.137. The van der Waals surface area contributed by atoms with Crippen LogP contribution >= 0.6 is 23.2 Å². The maximum absolute atomic E-state index is 13.7. The number of nitrogens with one attached hydrogen (secondary N) is 2. The number of benzene rings is 3. The highest BCUT2D eigenvalue weighted by Crippen LogP contribution is 2.34. The van der Waals surface area contributed by atoms with Crippen molar-refractivity contribution in [1.82, 2.24) is 25.4 Å². The number of aromatic amines is 1. The predicted molar refractivity (Wildman–Crippen MR) is 146 cm³/mol. The van der Waals surface area contributed by atoms with Gasteiger partial charge in [0.25, 0.3) is 5.91 Å². The Morgan fingerprint density at radius 3 is 2.34 bits per heavy atom. The summed E-state index contributed by atoms with van der Waals surface area (Å²) in [4.78, 5) is 26.0. The smallest absolute Gasteiger partial charge is 0.344 e. The van der Waals surface area contributed by atoms with Crippen LogP contribution in [0, 0.1) is 0 Å². The van der Waals surface area contributed by atoms with Crippen LogP contribution in [0.1, 0.15) is 45.8 Å². The minimum absolute atomic E-state index is 0.00348. The van der Waals surface area contributed by atoms with Crippen molar-refractivity contribution in [2.45, 2.75) is 25.6 Å². The molecule has 2 heterocycles. The SMILES string of the molecule is C[C@@H](NC(=O)c1nn(-c2ccccc2Cl)c(-c2ccc(Cl)cc2)c1Cc1no[nH]c1=O)c1ccc(C(F)(F)F)cc1. The highest BCUT2D eigenvalue weighted by atomic mass is 35.5. The third kappa shape index (κ3) is 5.91. The molecule has 5 aromatic rings. The van der Waals surface area contributed by atoms with E-state index in [1.54, 1.807) is 55.5 Å². The van der Waals surface area contributed by atoms with Crippen LogP contribution in [0.5, 0.6) is 0 Å². The second-order valence-corrected chi connectivity index (χ2v) is 9.94. The summed E-state index contributed by atoms with van der Waals surface area (Å²) < 4.78 is 45.3. The molecule has 2 aromatic heterocycles. The number of carbonyl (C=O) groups is 1. The molecule has 0 saturated heterocycles. The van der Waals surface area contributed by atoms with Crippen molar-refractivity contribution in [1.29, 1.82) is 0 Å². The number of H-pyrrole nitrogens is 1. The molecule has 13 heteroatoms. The van der Waals surface area contributed by atoms with Crippen LogP contribution < -0.4 is 10.9 Å². The van der Waals surface area contributed by atoms with Crippen molar-refractivity contribution in [2.24, 2.45) is 0 Å². The van der Waals surface area contributed by atoms with Crippen molar-refractivity contribution in [3.05, 3.63) is 121 Å². The molecule has 0 unspecified atom stereocenters. The number of carbonyl (C=O) groups excluding carboxylic acids is 1. The molecular formula is C28H20Cl2F3N5O3. The first-order chi connectivity index (χ1) is 19.5. The average Bonchev–Trinajstić information content (AvgIpc) is 3.52. The summed E-state index contributed by atoms with van der Waals surface area (Å²) in [7, 11) is 0.